The van der Waals surface area contributed by atoms with Gasteiger partial charge in [-0.25, -0.2) is 0 Å². The van der Waals surface area contributed by atoms with E-state index in [4.69, 9.17) is 0 Å². The summed E-state index contributed by atoms with van der Waals surface area (Å²) in [5, 5.41) is 14.5. The fourth-order valence-corrected chi connectivity index (χ4v) is 2.73. The third kappa shape index (κ3) is 4.86. The molecule has 1 rings (SSSR count). The molecule has 5 nitrogen and oxygen atoms in total. The van der Waals surface area contributed by atoms with Gasteiger partial charge in [0.05, 0.1) is 4.92 Å². The second-order valence-electron chi connectivity index (χ2n) is 4.76. The van der Waals surface area contributed by atoms with Crippen LogP contribution in [0.15, 0.2) is 22.7 Å². The molecule has 1 aromatic carbocycles. The Morgan fingerprint density at radius 3 is 2.55 bits per heavy atom. The van der Waals surface area contributed by atoms with Gasteiger partial charge in [0, 0.05) is 33.5 Å². The molecule has 0 aliphatic heterocycles. The van der Waals surface area contributed by atoms with Crippen molar-refractivity contribution in [3.05, 3.63) is 38.3 Å². The molecule has 0 bridgehead atoms. The van der Waals surface area contributed by atoms with E-state index in [2.05, 4.69) is 37.2 Å². The highest BCUT2D eigenvalue weighted by atomic mass is 79.9. The van der Waals surface area contributed by atoms with Crippen LogP contribution in [-0.2, 0) is 0 Å². The van der Waals surface area contributed by atoms with Crippen LogP contribution in [-0.4, -0.2) is 22.2 Å². The Bertz CT molecular complexity index is 506. The maximum Gasteiger partial charge on any atom is 0.271 e. The van der Waals surface area contributed by atoms with Gasteiger partial charge < -0.3 is 5.32 Å². The zero-order valence-corrected chi connectivity index (χ0v) is 14.4. The number of nitrogens with one attached hydrogen (secondary N) is 1. The van der Waals surface area contributed by atoms with Gasteiger partial charge >= 0.3 is 0 Å². The summed E-state index contributed by atoms with van der Waals surface area (Å²) in [5.74, 6) is -0.00677. The quantitative estimate of drug-likeness (QED) is 0.441. The van der Waals surface area contributed by atoms with Crippen LogP contribution in [0.4, 0.5) is 5.69 Å². The van der Waals surface area contributed by atoms with Crippen molar-refractivity contribution in [1.29, 1.82) is 0 Å². The molecular formula is C13H16Br2N2O3. The van der Waals surface area contributed by atoms with Crippen molar-refractivity contribution in [1.82, 2.24) is 5.32 Å². The Labute approximate surface area is 134 Å². The molecule has 0 aromatic heterocycles. The molecule has 0 spiro atoms. The Balaban J connectivity index is 2.94. The minimum atomic E-state index is -0.514. The molecule has 0 aliphatic rings. The number of rotatable bonds is 6. The van der Waals surface area contributed by atoms with Crippen molar-refractivity contribution >= 4 is 43.5 Å². The Morgan fingerprint density at radius 1 is 1.40 bits per heavy atom. The molecule has 1 amide bonds. The molecule has 0 saturated carbocycles. The van der Waals surface area contributed by atoms with E-state index in [0.717, 1.165) is 11.8 Å². The lowest BCUT2D eigenvalue weighted by Gasteiger charge is -2.21. The molecule has 1 N–H and O–H groups in total. The minimum absolute atomic E-state index is 0.0277. The monoisotopic (exact) mass is 406 g/mol. The van der Waals surface area contributed by atoms with Crippen LogP contribution in [0.25, 0.3) is 0 Å². The number of benzene rings is 1. The number of nitro groups is 1. The molecule has 0 aliphatic carbocycles. The van der Waals surface area contributed by atoms with Crippen molar-refractivity contribution in [2.75, 3.05) is 5.33 Å². The fourth-order valence-electron chi connectivity index (χ4n) is 1.75. The van der Waals surface area contributed by atoms with Crippen molar-refractivity contribution in [2.24, 2.45) is 5.92 Å². The minimum Gasteiger partial charge on any atom is -0.349 e. The third-order valence-electron chi connectivity index (χ3n) is 2.90. The summed E-state index contributed by atoms with van der Waals surface area (Å²) < 4.78 is 0.512. The molecule has 0 radical (unpaired) electrons. The fraction of sp³-hybridized carbons (Fsp3) is 0.462. The van der Waals surface area contributed by atoms with Crippen LogP contribution in [0, 0.1) is 16.0 Å². The average Bonchev–Trinajstić information content (AvgIpc) is 2.37. The number of non-ortho nitro benzene ring substituents is 1. The maximum atomic E-state index is 12.2. The highest BCUT2D eigenvalue weighted by molar-refractivity contribution is 9.10. The van der Waals surface area contributed by atoms with E-state index < -0.39 is 4.92 Å². The van der Waals surface area contributed by atoms with Crippen molar-refractivity contribution in [3.8, 4) is 0 Å². The lowest BCUT2D eigenvalue weighted by molar-refractivity contribution is -0.385. The average molecular weight is 408 g/mol. The van der Waals surface area contributed by atoms with E-state index in [1.165, 1.54) is 12.1 Å². The number of carbonyl (C=O) groups excluding carboxylic acids is 1. The summed E-state index contributed by atoms with van der Waals surface area (Å²) in [7, 11) is 0. The number of hydrogen-bond donors (Lipinski definition) is 1. The highest BCUT2D eigenvalue weighted by Gasteiger charge is 2.19. The summed E-state index contributed by atoms with van der Waals surface area (Å²) in [6.07, 6.45) is 0.805. The summed E-state index contributed by atoms with van der Waals surface area (Å²) in [6, 6.07) is 4.26. The van der Waals surface area contributed by atoms with Gasteiger partial charge in [0.25, 0.3) is 11.6 Å². The van der Waals surface area contributed by atoms with E-state index in [0.29, 0.717) is 10.4 Å². The first-order valence-corrected chi connectivity index (χ1v) is 8.08. The Morgan fingerprint density at radius 2 is 2.05 bits per heavy atom. The van der Waals surface area contributed by atoms with E-state index in [1.807, 2.05) is 13.8 Å². The van der Waals surface area contributed by atoms with Gasteiger partial charge in [0.15, 0.2) is 0 Å². The molecule has 1 aromatic rings. The van der Waals surface area contributed by atoms with Crippen LogP contribution in [0.5, 0.6) is 0 Å². The normalized spacial score (nSPS) is 12.2. The third-order valence-corrected chi connectivity index (χ3v) is 3.81. The van der Waals surface area contributed by atoms with Gasteiger partial charge in [0.1, 0.15) is 0 Å². The molecule has 1 unspecified atom stereocenters. The standard InChI is InChI=1S/C13H16Br2N2O3/c1-8(2)12(3-4-14)16-13(18)9-5-10(15)7-11(6-9)17(19)20/h5-8,12H,3-4H2,1-2H3,(H,16,18). The number of nitrogens with zero attached hydrogens (tertiary/aromatic N) is 1. The first kappa shape index (κ1) is 17.1. The molecule has 1 atom stereocenters. The molecule has 0 fully saturated rings. The zero-order chi connectivity index (χ0) is 15.3. The number of carbonyl (C=O) groups is 1. The first-order chi connectivity index (χ1) is 9.35. The largest absolute Gasteiger partial charge is 0.349 e. The number of nitro benzene ring substituents is 1. The smallest absolute Gasteiger partial charge is 0.271 e. The molecule has 0 heterocycles. The molecule has 7 heteroatoms. The van der Waals surface area contributed by atoms with Gasteiger partial charge in [-0.1, -0.05) is 45.7 Å². The van der Waals surface area contributed by atoms with Crippen LogP contribution in [0.3, 0.4) is 0 Å². The van der Waals surface area contributed by atoms with Crippen molar-refractivity contribution in [2.45, 2.75) is 26.3 Å². The first-order valence-electron chi connectivity index (χ1n) is 6.17. The molecule has 110 valence electrons. The van der Waals surface area contributed by atoms with Gasteiger partial charge in [-0.3, -0.25) is 14.9 Å². The van der Waals surface area contributed by atoms with Crippen LogP contribution >= 0.6 is 31.9 Å². The topological polar surface area (TPSA) is 72.2 Å². The predicted molar refractivity (Wildman–Crippen MR) is 85.3 cm³/mol. The molecular weight excluding hydrogens is 392 g/mol. The number of amides is 1. The lowest BCUT2D eigenvalue weighted by atomic mass is 10.0. The van der Waals surface area contributed by atoms with Gasteiger partial charge in [-0.05, 0) is 18.4 Å². The second kappa shape index (κ2) is 7.73. The SMILES string of the molecule is CC(C)C(CCBr)NC(=O)c1cc(Br)cc([N+](=O)[O-])c1. The summed E-state index contributed by atoms with van der Waals surface area (Å²) in [6.45, 7) is 4.05. The summed E-state index contributed by atoms with van der Waals surface area (Å²) in [5.41, 5.74) is 0.178. The molecule has 20 heavy (non-hydrogen) atoms. The number of alkyl halides is 1. The van der Waals surface area contributed by atoms with Crippen molar-refractivity contribution in [3.63, 3.8) is 0 Å². The summed E-state index contributed by atoms with van der Waals surface area (Å²) >= 11 is 6.54. The Kier molecular flexibility index (Phi) is 6.61. The maximum absolute atomic E-state index is 12.2. The summed E-state index contributed by atoms with van der Waals surface area (Å²) in [4.78, 5) is 22.5. The van der Waals surface area contributed by atoms with Gasteiger partial charge in [-0.15, -0.1) is 0 Å². The lowest BCUT2D eigenvalue weighted by Crippen LogP contribution is -2.38. The van der Waals surface area contributed by atoms with Gasteiger partial charge in [-0.2, -0.15) is 0 Å². The van der Waals surface area contributed by atoms with E-state index in [1.54, 1.807) is 6.07 Å². The zero-order valence-electron chi connectivity index (χ0n) is 11.2. The van der Waals surface area contributed by atoms with Crippen LogP contribution < -0.4 is 5.32 Å². The molecule has 0 saturated heterocycles. The highest BCUT2D eigenvalue weighted by Crippen LogP contribution is 2.21. The van der Waals surface area contributed by atoms with E-state index >= 15 is 0 Å². The number of halogens is 2. The van der Waals surface area contributed by atoms with E-state index in [-0.39, 0.29) is 23.2 Å². The second-order valence-corrected chi connectivity index (χ2v) is 6.47. The van der Waals surface area contributed by atoms with Crippen LogP contribution in [0.2, 0.25) is 0 Å². The van der Waals surface area contributed by atoms with E-state index in [9.17, 15) is 14.9 Å². The van der Waals surface area contributed by atoms with Crippen LogP contribution in [0.1, 0.15) is 30.6 Å². The predicted octanol–water partition coefficient (Wildman–Crippen LogP) is 3.90. The Hall–Kier alpha value is -0.950. The van der Waals surface area contributed by atoms with Crippen molar-refractivity contribution < 1.29 is 9.72 Å². The van der Waals surface area contributed by atoms with Gasteiger partial charge in [0.2, 0.25) is 0 Å². The number of hydrogen-bond acceptors (Lipinski definition) is 3.